The summed E-state index contributed by atoms with van der Waals surface area (Å²) in [5.41, 5.74) is 1.69. The molecule has 2 aromatic rings. The summed E-state index contributed by atoms with van der Waals surface area (Å²) in [6.07, 6.45) is 18.8. The van der Waals surface area contributed by atoms with E-state index in [1.165, 1.54) is 57.8 Å². The van der Waals surface area contributed by atoms with Gasteiger partial charge in [-0.2, -0.15) is 0 Å². The minimum Gasteiger partial charge on any atom is -0.492 e. The van der Waals surface area contributed by atoms with Crippen LogP contribution in [0.25, 0.3) is 6.08 Å². The van der Waals surface area contributed by atoms with Crippen molar-refractivity contribution in [2.24, 2.45) is 0 Å². The SMILES string of the molecule is CCCCCCCCCCCCOc1cc(C=CC(=O)c2ccccc2)ccc1SC. The Kier molecular flexibility index (Phi) is 12.8. The fraction of sp³-hybridized carbons (Fsp3) is 0.464. The van der Waals surface area contributed by atoms with E-state index in [-0.39, 0.29) is 5.78 Å². The smallest absolute Gasteiger partial charge is 0.185 e. The van der Waals surface area contributed by atoms with Gasteiger partial charge >= 0.3 is 0 Å². The van der Waals surface area contributed by atoms with Crippen molar-refractivity contribution < 1.29 is 9.53 Å². The van der Waals surface area contributed by atoms with Gasteiger partial charge in [0.25, 0.3) is 0 Å². The molecule has 168 valence electrons. The number of hydrogen-bond acceptors (Lipinski definition) is 3. The van der Waals surface area contributed by atoms with Gasteiger partial charge in [0.2, 0.25) is 0 Å². The normalized spacial score (nSPS) is 11.2. The summed E-state index contributed by atoms with van der Waals surface area (Å²) in [5, 5.41) is 0. The van der Waals surface area contributed by atoms with E-state index in [0.29, 0.717) is 5.56 Å². The number of benzene rings is 2. The third-order valence-corrected chi connectivity index (χ3v) is 6.21. The first-order valence-electron chi connectivity index (χ1n) is 11.8. The van der Waals surface area contributed by atoms with Gasteiger partial charge in [-0.3, -0.25) is 4.79 Å². The first-order chi connectivity index (χ1) is 15.2. The molecular formula is C28H38O2S. The molecule has 0 heterocycles. The highest BCUT2D eigenvalue weighted by molar-refractivity contribution is 7.98. The summed E-state index contributed by atoms with van der Waals surface area (Å²) in [7, 11) is 0. The lowest BCUT2D eigenvalue weighted by Gasteiger charge is -2.11. The molecule has 0 aliphatic heterocycles. The predicted molar refractivity (Wildman–Crippen MR) is 135 cm³/mol. The molecule has 0 aliphatic carbocycles. The third kappa shape index (κ3) is 10.2. The number of carbonyl (C=O) groups is 1. The zero-order chi connectivity index (χ0) is 22.2. The van der Waals surface area contributed by atoms with Gasteiger partial charge in [0.05, 0.1) is 6.61 Å². The molecule has 0 aliphatic rings. The third-order valence-electron chi connectivity index (χ3n) is 5.43. The average molecular weight is 439 g/mol. The summed E-state index contributed by atoms with van der Waals surface area (Å²) >= 11 is 1.69. The zero-order valence-electron chi connectivity index (χ0n) is 19.3. The summed E-state index contributed by atoms with van der Waals surface area (Å²) in [6.45, 7) is 3.02. The Balaban J connectivity index is 1.73. The van der Waals surface area contributed by atoms with E-state index < -0.39 is 0 Å². The molecule has 0 N–H and O–H groups in total. The van der Waals surface area contributed by atoms with Gasteiger partial charge in [0, 0.05) is 10.5 Å². The van der Waals surface area contributed by atoms with Gasteiger partial charge in [-0.05, 0) is 36.4 Å². The molecule has 2 nitrogen and oxygen atoms in total. The monoisotopic (exact) mass is 438 g/mol. The van der Waals surface area contributed by atoms with Crippen molar-refractivity contribution in [3.05, 3.63) is 65.7 Å². The molecule has 0 aromatic heterocycles. The van der Waals surface area contributed by atoms with Crippen LogP contribution in [0, 0.1) is 0 Å². The Bertz CT molecular complexity index is 783. The van der Waals surface area contributed by atoms with E-state index in [0.717, 1.165) is 29.2 Å². The topological polar surface area (TPSA) is 26.3 Å². The molecule has 2 aromatic carbocycles. The first kappa shape index (κ1) is 25.3. The highest BCUT2D eigenvalue weighted by atomic mass is 32.2. The molecule has 0 unspecified atom stereocenters. The maximum atomic E-state index is 12.3. The van der Waals surface area contributed by atoms with Crippen molar-refractivity contribution in [3.8, 4) is 5.75 Å². The van der Waals surface area contributed by atoms with E-state index in [9.17, 15) is 4.79 Å². The molecule has 0 spiro atoms. The van der Waals surface area contributed by atoms with Crippen molar-refractivity contribution in [3.63, 3.8) is 0 Å². The van der Waals surface area contributed by atoms with Crippen LogP contribution in [0.2, 0.25) is 0 Å². The molecule has 0 atom stereocenters. The Hall–Kier alpha value is -2.00. The number of rotatable bonds is 16. The Morgan fingerprint density at radius 1 is 0.871 bits per heavy atom. The van der Waals surface area contributed by atoms with Gasteiger partial charge in [0.1, 0.15) is 5.75 Å². The zero-order valence-corrected chi connectivity index (χ0v) is 20.1. The Morgan fingerprint density at radius 2 is 1.52 bits per heavy atom. The first-order valence-corrected chi connectivity index (χ1v) is 13.1. The number of unbranched alkanes of at least 4 members (excludes halogenated alkanes) is 9. The number of thioether (sulfide) groups is 1. The van der Waals surface area contributed by atoms with Crippen molar-refractivity contribution in [2.45, 2.75) is 76.0 Å². The molecule has 0 bridgehead atoms. The van der Waals surface area contributed by atoms with Crippen LogP contribution < -0.4 is 4.74 Å². The van der Waals surface area contributed by atoms with Gasteiger partial charge < -0.3 is 4.74 Å². The molecule has 31 heavy (non-hydrogen) atoms. The van der Waals surface area contributed by atoms with Crippen LogP contribution in [0.5, 0.6) is 5.75 Å². The van der Waals surface area contributed by atoms with E-state index in [1.807, 2.05) is 48.5 Å². The maximum absolute atomic E-state index is 12.3. The number of allylic oxidation sites excluding steroid dienone is 1. The van der Waals surface area contributed by atoms with Crippen molar-refractivity contribution in [1.82, 2.24) is 0 Å². The second-order valence-corrected chi connectivity index (χ2v) is 8.85. The molecule has 0 saturated carbocycles. The Labute approximate surface area is 193 Å². The lowest BCUT2D eigenvalue weighted by Crippen LogP contribution is -1.99. The number of carbonyl (C=O) groups excluding carboxylic acids is 1. The second kappa shape index (κ2) is 15.8. The van der Waals surface area contributed by atoms with Crippen LogP contribution in [0.15, 0.2) is 59.5 Å². The molecule has 2 rings (SSSR count). The summed E-state index contributed by atoms with van der Waals surface area (Å²) in [6, 6.07) is 15.5. The van der Waals surface area contributed by atoms with Gasteiger partial charge in [-0.1, -0.05) is 107 Å². The summed E-state index contributed by atoms with van der Waals surface area (Å²) in [4.78, 5) is 13.4. The molecule has 0 saturated heterocycles. The summed E-state index contributed by atoms with van der Waals surface area (Å²) < 4.78 is 6.09. The van der Waals surface area contributed by atoms with Crippen molar-refractivity contribution in [1.29, 1.82) is 0 Å². The maximum Gasteiger partial charge on any atom is 0.185 e. The van der Waals surface area contributed by atoms with Crippen molar-refractivity contribution in [2.75, 3.05) is 12.9 Å². The number of ether oxygens (including phenoxy) is 1. The molecule has 0 radical (unpaired) electrons. The van der Waals surface area contributed by atoms with Crippen LogP contribution >= 0.6 is 11.8 Å². The van der Waals surface area contributed by atoms with Crippen LogP contribution in [-0.2, 0) is 0 Å². The quantitative estimate of drug-likeness (QED) is 0.114. The molecule has 3 heteroatoms. The summed E-state index contributed by atoms with van der Waals surface area (Å²) in [5.74, 6) is 0.931. The second-order valence-electron chi connectivity index (χ2n) is 8.00. The predicted octanol–water partition coefficient (Wildman–Crippen LogP) is 8.60. The number of ketones is 1. The fourth-order valence-electron chi connectivity index (χ4n) is 3.55. The molecule has 0 fully saturated rings. The highest BCUT2D eigenvalue weighted by Crippen LogP contribution is 2.29. The lowest BCUT2D eigenvalue weighted by atomic mass is 10.1. The van der Waals surface area contributed by atoms with Gasteiger partial charge in [-0.15, -0.1) is 11.8 Å². The minimum absolute atomic E-state index is 0.0161. The van der Waals surface area contributed by atoms with Crippen LogP contribution in [0.1, 0.15) is 87.1 Å². The standard InChI is InChI=1S/C28H38O2S/c1-3-4-5-6-7-8-9-10-11-15-22-30-27-23-24(19-21-28(27)31-2)18-20-26(29)25-16-13-12-14-17-25/h12-14,16-21,23H,3-11,15,22H2,1-2H3. The van der Waals surface area contributed by atoms with Gasteiger partial charge in [-0.25, -0.2) is 0 Å². The van der Waals surface area contributed by atoms with Crippen LogP contribution in [-0.4, -0.2) is 18.6 Å². The largest absolute Gasteiger partial charge is 0.492 e. The van der Waals surface area contributed by atoms with E-state index in [2.05, 4.69) is 19.2 Å². The van der Waals surface area contributed by atoms with E-state index >= 15 is 0 Å². The van der Waals surface area contributed by atoms with E-state index in [4.69, 9.17) is 4.74 Å². The molecular weight excluding hydrogens is 400 g/mol. The minimum atomic E-state index is 0.0161. The van der Waals surface area contributed by atoms with Crippen LogP contribution in [0.3, 0.4) is 0 Å². The highest BCUT2D eigenvalue weighted by Gasteiger charge is 2.05. The average Bonchev–Trinajstić information content (AvgIpc) is 2.81. The van der Waals surface area contributed by atoms with Crippen LogP contribution in [0.4, 0.5) is 0 Å². The van der Waals surface area contributed by atoms with Crippen molar-refractivity contribution >= 4 is 23.6 Å². The molecule has 0 amide bonds. The van der Waals surface area contributed by atoms with Gasteiger partial charge in [0.15, 0.2) is 5.78 Å². The number of hydrogen-bond donors (Lipinski definition) is 0. The van der Waals surface area contributed by atoms with E-state index in [1.54, 1.807) is 17.8 Å². The lowest BCUT2D eigenvalue weighted by molar-refractivity contribution is 0.104. The fourth-order valence-corrected chi connectivity index (χ4v) is 4.08. The Morgan fingerprint density at radius 3 is 2.16 bits per heavy atom.